The summed E-state index contributed by atoms with van der Waals surface area (Å²) in [5, 5.41) is 4.05. The molecule has 5 aliphatic rings. The van der Waals surface area contributed by atoms with Crippen LogP contribution < -0.4 is 5.32 Å². The lowest BCUT2D eigenvalue weighted by molar-refractivity contribution is -0.214. The zero-order valence-electron chi connectivity index (χ0n) is 11.4. The van der Waals surface area contributed by atoms with Gasteiger partial charge in [0.15, 0.2) is 0 Å². The summed E-state index contributed by atoms with van der Waals surface area (Å²) in [7, 11) is 0. The maximum Gasteiger partial charge on any atom is 0.135 e. The number of ether oxygens (including phenoxy) is 1. The molecular weight excluding hydrogens is 224 g/mol. The average molecular weight is 250 g/mol. The molecule has 4 heterocycles. The Kier molecular flexibility index (Phi) is 2.72. The highest BCUT2D eigenvalue weighted by atomic mass is 16.5. The third-order valence-corrected chi connectivity index (χ3v) is 5.93. The minimum Gasteiger partial charge on any atom is -0.359 e. The predicted molar refractivity (Wildman–Crippen MR) is 71.4 cm³/mol. The molecule has 5 rings (SSSR count). The Labute approximate surface area is 110 Å². The highest BCUT2D eigenvalue weighted by Crippen LogP contribution is 2.44. The van der Waals surface area contributed by atoms with Gasteiger partial charge < -0.3 is 4.74 Å². The number of nitrogens with one attached hydrogen (secondary N) is 1. The minimum atomic E-state index is 0.0199. The molecule has 1 aliphatic carbocycles. The molecule has 0 amide bonds. The fourth-order valence-corrected chi connectivity index (χ4v) is 4.90. The molecule has 0 aromatic heterocycles. The first kappa shape index (κ1) is 11.7. The van der Waals surface area contributed by atoms with Gasteiger partial charge in [-0.2, -0.15) is 0 Å². The van der Waals surface area contributed by atoms with Crippen LogP contribution in [0.1, 0.15) is 51.4 Å². The Balaban J connectivity index is 1.58. The van der Waals surface area contributed by atoms with E-state index in [-0.39, 0.29) is 5.72 Å². The van der Waals surface area contributed by atoms with Gasteiger partial charge >= 0.3 is 0 Å². The van der Waals surface area contributed by atoms with Crippen molar-refractivity contribution < 1.29 is 4.74 Å². The van der Waals surface area contributed by atoms with Crippen molar-refractivity contribution >= 4 is 0 Å². The smallest absolute Gasteiger partial charge is 0.135 e. The van der Waals surface area contributed by atoms with Gasteiger partial charge in [-0.1, -0.05) is 19.3 Å². The van der Waals surface area contributed by atoms with E-state index in [1.54, 1.807) is 0 Å². The van der Waals surface area contributed by atoms with Gasteiger partial charge in [-0.15, -0.1) is 0 Å². The molecule has 1 saturated carbocycles. The molecule has 2 spiro atoms. The summed E-state index contributed by atoms with van der Waals surface area (Å²) in [6, 6.07) is 0. The van der Waals surface area contributed by atoms with Crippen LogP contribution >= 0.6 is 0 Å². The minimum absolute atomic E-state index is 0.0199. The Hall–Kier alpha value is -0.120. The van der Waals surface area contributed by atoms with Gasteiger partial charge in [0.2, 0.25) is 0 Å². The molecule has 1 atom stereocenters. The van der Waals surface area contributed by atoms with E-state index in [0.29, 0.717) is 5.54 Å². The van der Waals surface area contributed by atoms with Crippen LogP contribution in [0, 0.1) is 5.92 Å². The lowest BCUT2D eigenvalue weighted by atomic mass is 9.73. The van der Waals surface area contributed by atoms with Crippen molar-refractivity contribution in [3.63, 3.8) is 0 Å². The molecule has 102 valence electrons. The fraction of sp³-hybridized carbons (Fsp3) is 1.00. The van der Waals surface area contributed by atoms with Gasteiger partial charge in [-0.25, -0.2) is 0 Å². The van der Waals surface area contributed by atoms with Crippen molar-refractivity contribution in [2.45, 2.75) is 62.6 Å². The monoisotopic (exact) mass is 250 g/mol. The number of hydrogen-bond acceptors (Lipinski definition) is 3. The number of nitrogens with zero attached hydrogens (tertiary/aromatic N) is 1. The predicted octanol–water partition coefficient (Wildman–Crippen LogP) is 2.12. The summed E-state index contributed by atoms with van der Waals surface area (Å²) < 4.78 is 6.32. The topological polar surface area (TPSA) is 24.5 Å². The SMILES string of the molecule is C1CCC2(CC1)CCOC1(CN3CCC1CC3)N2. The molecule has 1 N–H and O–H groups in total. The van der Waals surface area contributed by atoms with Crippen LogP contribution in [0.25, 0.3) is 0 Å². The third kappa shape index (κ3) is 1.75. The van der Waals surface area contributed by atoms with Gasteiger partial charge in [0.05, 0.1) is 6.61 Å². The van der Waals surface area contributed by atoms with Crippen molar-refractivity contribution in [2.75, 3.05) is 26.2 Å². The second kappa shape index (κ2) is 4.19. The van der Waals surface area contributed by atoms with Crippen LogP contribution in [0.15, 0.2) is 0 Å². The summed E-state index contributed by atoms with van der Waals surface area (Å²) in [6.07, 6.45) is 10.9. The lowest BCUT2D eigenvalue weighted by Gasteiger charge is -2.59. The van der Waals surface area contributed by atoms with Crippen molar-refractivity contribution in [1.29, 1.82) is 0 Å². The molecule has 0 aromatic rings. The molecule has 4 aliphatic heterocycles. The molecule has 18 heavy (non-hydrogen) atoms. The van der Waals surface area contributed by atoms with Crippen LogP contribution in [0.4, 0.5) is 0 Å². The largest absolute Gasteiger partial charge is 0.359 e. The maximum atomic E-state index is 6.32. The summed E-state index contributed by atoms with van der Waals surface area (Å²) in [4.78, 5) is 2.61. The van der Waals surface area contributed by atoms with E-state index in [2.05, 4.69) is 10.2 Å². The standard InChI is InChI=1S/C15H26N2O/c1-2-6-14(7-3-1)8-11-18-15(16-14)12-17-9-4-13(15)5-10-17/h13,16H,1-12H2. The number of hydrogen-bond donors (Lipinski definition) is 1. The van der Waals surface area contributed by atoms with Crippen molar-refractivity contribution in [1.82, 2.24) is 10.2 Å². The Morgan fingerprint density at radius 1 is 1.00 bits per heavy atom. The Morgan fingerprint density at radius 2 is 1.78 bits per heavy atom. The normalized spacial score (nSPS) is 46.7. The van der Waals surface area contributed by atoms with Crippen molar-refractivity contribution in [3.05, 3.63) is 0 Å². The first-order valence-electron chi connectivity index (χ1n) is 7.96. The highest BCUT2D eigenvalue weighted by Gasteiger charge is 2.53. The first-order chi connectivity index (χ1) is 8.80. The lowest BCUT2D eigenvalue weighted by Crippen LogP contribution is -2.74. The summed E-state index contributed by atoms with van der Waals surface area (Å²) in [5.74, 6) is 0.765. The van der Waals surface area contributed by atoms with Crippen LogP contribution in [0.5, 0.6) is 0 Å². The van der Waals surface area contributed by atoms with Gasteiger partial charge in [-0.3, -0.25) is 10.2 Å². The third-order valence-electron chi connectivity index (χ3n) is 5.93. The highest BCUT2D eigenvalue weighted by molar-refractivity contribution is 5.06. The molecule has 1 unspecified atom stereocenters. The summed E-state index contributed by atoms with van der Waals surface area (Å²) in [5.41, 5.74) is 0.446. The summed E-state index contributed by atoms with van der Waals surface area (Å²) >= 11 is 0. The molecule has 0 aromatic carbocycles. The maximum absolute atomic E-state index is 6.32. The Morgan fingerprint density at radius 3 is 2.44 bits per heavy atom. The van der Waals surface area contributed by atoms with Crippen LogP contribution in [0.2, 0.25) is 0 Å². The molecule has 3 nitrogen and oxygen atoms in total. The second-order valence-electron chi connectivity index (χ2n) is 7.00. The van der Waals surface area contributed by atoms with E-state index < -0.39 is 0 Å². The average Bonchev–Trinajstić information content (AvgIpc) is 2.40. The van der Waals surface area contributed by atoms with Gasteiger partial charge in [0.25, 0.3) is 0 Å². The van der Waals surface area contributed by atoms with E-state index >= 15 is 0 Å². The quantitative estimate of drug-likeness (QED) is 0.713. The molecule has 5 fully saturated rings. The zero-order chi connectivity index (χ0) is 12.1. The van der Waals surface area contributed by atoms with E-state index in [1.807, 2.05) is 0 Å². The van der Waals surface area contributed by atoms with E-state index in [1.165, 1.54) is 64.5 Å². The first-order valence-corrected chi connectivity index (χ1v) is 7.96. The van der Waals surface area contributed by atoms with Crippen LogP contribution in [-0.2, 0) is 4.74 Å². The molecule has 0 radical (unpaired) electrons. The number of rotatable bonds is 0. The number of fused-ring (bicyclic) bond motifs is 2. The zero-order valence-corrected chi connectivity index (χ0v) is 11.4. The van der Waals surface area contributed by atoms with E-state index in [4.69, 9.17) is 4.74 Å². The van der Waals surface area contributed by atoms with E-state index in [0.717, 1.165) is 19.1 Å². The molecular formula is C15H26N2O. The molecule has 2 bridgehead atoms. The number of piperidine rings is 3. The summed E-state index contributed by atoms with van der Waals surface area (Å²) in [6.45, 7) is 4.71. The molecule has 4 saturated heterocycles. The van der Waals surface area contributed by atoms with Crippen LogP contribution in [-0.4, -0.2) is 42.4 Å². The Bertz CT molecular complexity index is 313. The van der Waals surface area contributed by atoms with Gasteiger partial charge in [0.1, 0.15) is 5.72 Å². The second-order valence-corrected chi connectivity index (χ2v) is 7.00. The van der Waals surface area contributed by atoms with Gasteiger partial charge in [-0.05, 0) is 45.2 Å². The van der Waals surface area contributed by atoms with Gasteiger partial charge in [0, 0.05) is 18.0 Å². The van der Waals surface area contributed by atoms with Crippen molar-refractivity contribution in [2.24, 2.45) is 5.92 Å². The van der Waals surface area contributed by atoms with E-state index in [9.17, 15) is 0 Å². The van der Waals surface area contributed by atoms with Crippen LogP contribution in [0.3, 0.4) is 0 Å². The molecule has 3 heteroatoms. The van der Waals surface area contributed by atoms with Crippen molar-refractivity contribution in [3.8, 4) is 0 Å². The fourth-order valence-electron chi connectivity index (χ4n) is 4.90.